The first kappa shape index (κ1) is 64.0. The standard InChI is InChI=1S/C56H97N3O12/c1-16-40(6)52(48(66-14)37-50(63)59-25-20-23-45(59)54(67-15)42(8)46(60)35-41(7)53(64)43-21-18-17-19-22-43)58(13)55(65)44(38(2)3)36-47(61)51(39(4)5)57(12)26-28-69-30-32-71-34-33-70-31-29-68-27-24-49(62)56(9,10)11/h17-19,21-22,38-42,44-45,48,51-54,64H,16,20,23-37H2,1-15H3/t40?,41-,42-,44-,45?,48+,51-,52-,53+,54+/m0/s1. The normalized spacial score (nSPS) is 18.2. The number of aliphatic hydroxyl groups excluding tert-OH is 1. The minimum Gasteiger partial charge on any atom is -0.388 e. The van der Waals surface area contributed by atoms with E-state index in [0.29, 0.717) is 78.8 Å². The van der Waals surface area contributed by atoms with Crippen molar-refractivity contribution in [3.05, 3.63) is 35.9 Å². The fourth-order valence-electron chi connectivity index (χ4n) is 9.92. The lowest BCUT2D eigenvalue weighted by atomic mass is 9.83. The molecule has 408 valence electrons. The lowest BCUT2D eigenvalue weighted by Crippen LogP contribution is -2.54. The third-order valence-corrected chi connectivity index (χ3v) is 14.5. The zero-order valence-corrected chi connectivity index (χ0v) is 46.6. The number of amides is 2. The molecule has 1 N–H and O–H groups in total. The Hall–Kier alpha value is -3.15. The Morgan fingerprint density at radius 2 is 1.30 bits per heavy atom. The molecule has 2 rings (SSSR count). The molecule has 15 heteroatoms. The Balaban J connectivity index is 2.00. The van der Waals surface area contributed by atoms with Gasteiger partial charge in [0.1, 0.15) is 11.6 Å². The van der Waals surface area contributed by atoms with Gasteiger partial charge in [-0.3, -0.25) is 28.9 Å². The van der Waals surface area contributed by atoms with E-state index < -0.39 is 42.2 Å². The van der Waals surface area contributed by atoms with Gasteiger partial charge in [0.2, 0.25) is 11.8 Å². The molecule has 71 heavy (non-hydrogen) atoms. The summed E-state index contributed by atoms with van der Waals surface area (Å²) in [6, 6.07) is 8.15. The summed E-state index contributed by atoms with van der Waals surface area (Å²) in [5.74, 6) is -1.69. The van der Waals surface area contributed by atoms with Gasteiger partial charge in [0, 0.05) is 70.9 Å². The van der Waals surface area contributed by atoms with Crippen LogP contribution in [0.3, 0.4) is 0 Å². The number of likely N-dealkylation sites (N-methyl/N-ethyl adjacent to an activating group) is 2. The Labute approximate surface area is 428 Å². The average Bonchev–Trinajstić information content (AvgIpc) is 3.82. The van der Waals surface area contributed by atoms with Gasteiger partial charge < -0.3 is 43.3 Å². The number of methoxy groups -OCH3 is 2. The van der Waals surface area contributed by atoms with Crippen molar-refractivity contribution < 1.29 is 57.5 Å². The molecule has 0 aliphatic carbocycles. The van der Waals surface area contributed by atoms with Gasteiger partial charge in [0.15, 0.2) is 5.78 Å². The van der Waals surface area contributed by atoms with E-state index in [4.69, 9.17) is 28.4 Å². The van der Waals surface area contributed by atoms with E-state index in [9.17, 15) is 29.1 Å². The second-order valence-corrected chi connectivity index (χ2v) is 21.7. The highest BCUT2D eigenvalue weighted by Gasteiger charge is 2.43. The van der Waals surface area contributed by atoms with Crippen LogP contribution in [0.5, 0.6) is 0 Å². The number of likely N-dealkylation sites (tertiary alicyclic amines) is 1. The molecule has 0 radical (unpaired) electrons. The minimum atomic E-state index is -0.781. The summed E-state index contributed by atoms with van der Waals surface area (Å²) in [6.07, 6.45) is 0.928. The van der Waals surface area contributed by atoms with Crippen molar-refractivity contribution in [2.75, 3.05) is 94.3 Å². The van der Waals surface area contributed by atoms with Gasteiger partial charge in [-0.2, -0.15) is 0 Å². The molecular weight excluding hydrogens is 907 g/mol. The van der Waals surface area contributed by atoms with Crippen molar-refractivity contribution in [2.45, 2.75) is 158 Å². The molecule has 1 aromatic carbocycles. The van der Waals surface area contributed by atoms with Crippen LogP contribution < -0.4 is 0 Å². The first-order chi connectivity index (χ1) is 33.5. The molecule has 1 aromatic rings. The SMILES string of the molecule is CCC(C)[C@@H]([C@@H](CC(=O)N1CCCC1[C@H](OC)[C@@H](C)C(=O)C[C@H](C)[C@@H](O)c1ccccc1)OC)N(C)C(=O)[C@@H](CC(=O)[C@H](C(C)C)N(C)CCOCCOCCOCCOCCC(=O)C(C)(C)C)C(C)C. The van der Waals surface area contributed by atoms with Crippen LogP contribution in [0.4, 0.5) is 0 Å². The molecule has 2 amide bonds. The second-order valence-electron chi connectivity index (χ2n) is 21.7. The second kappa shape index (κ2) is 32.9. The molecule has 0 bridgehead atoms. The smallest absolute Gasteiger partial charge is 0.226 e. The van der Waals surface area contributed by atoms with Crippen LogP contribution in [-0.4, -0.2) is 174 Å². The molecule has 2 unspecified atom stereocenters. The highest BCUT2D eigenvalue weighted by Crippen LogP contribution is 2.33. The highest BCUT2D eigenvalue weighted by atomic mass is 16.6. The molecule has 10 atom stereocenters. The van der Waals surface area contributed by atoms with Crippen molar-refractivity contribution in [1.82, 2.24) is 14.7 Å². The summed E-state index contributed by atoms with van der Waals surface area (Å²) in [5.41, 5.74) is 0.411. The molecule has 1 saturated heterocycles. The third kappa shape index (κ3) is 20.9. The minimum absolute atomic E-state index is 0.00375. The Kier molecular flexibility index (Phi) is 29.7. The number of rotatable bonds is 37. The fraction of sp³-hybridized carbons (Fsp3) is 0.804. The summed E-state index contributed by atoms with van der Waals surface area (Å²) in [4.78, 5) is 74.6. The highest BCUT2D eigenvalue weighted by molar-refractivity contribution is 5.90. The quantitative estimate of drug-likeness (QED) is 0.0651. The third-order valence-electron chi connectivity index (χ3n) is 14.5. The van der Waals surface area contributed by atoms with Crippen molar-refractivity contribution >= 4 is 29.2 Å². The van der Waals surface area contributed by atoms with Crippen LogP contribution in [0.15, 0.2) is 30.3 Å². The van der Waals surface area contributed by atoms with E-state index >= 15 is 0 Å². The van der Waals surface area contributed by atoms with Crippen LogP contribution in [-0.2, 0) is 52.4 Å². The van der Waals surface area contributed by atoms with E-state index in [0.717, 1.165) is 18.4 Å². The predicted octanol–water partition coefficient (Wildman–Crippen LogP) is 7.50. The molecule has 1 fully saturated rings. The zero-order chi connectivity index (χ0) is 53.4. The number of Topliss-reactive ketones (excluding diaryl/α,β-unsaturated/α-hetero) is 3. The summed E-state index contributed by atoms with van der Waals surface area (Å²) in [5, 5.41) is 11.0. The number of carbonyl (C=O) groups excluding carboxylic acids is 5. The van der Waals surface area contributed by atoms with Crippen LogP contribution in [0.2, 0.25) is 0 Å². The number of aliphatic hydroxyl groups is 1. The Morgan fingerprint density at radius 3 is 1.80 bits per heavy atom. The van der Waals surface area contributed by atoms with Crippen LogP contribution in [0.25, 0.3) is 0 Å². The molecule has 1 heterocycles. The van der Waals surface area contributed by atoms with Crippen molar-refractivity contribution in [3.8, 4) is 0 Å². The van der Waals surface area contributed by atoms with Gasteiger partial charge in [-0.1, -0.05) is 113 Å². The molecule has 0 saturated carbocycles. The summed E-state index contributed by atoms with van der Waals surface area (Å²) >= 11 is 0. The number of nitrogens with zero attached hydrogens (tertiary/aromatic N) is 3. The van der Waals surface area contributed by atoms with Crippen molar-refractivity contribution in [2.24, 2.45) is 40.9 Å². The average molecular weight is 1000 g/mol. The van der Waals surface area contributed by atoms with Crippen LogP contribution >= 0.6 is 0 Å². The van der Waals surface area contributed by atoms with Gasteiger partial charge in [-0.25, -0.2) is 0 Å². The molecule has 1 aliphatic heterocycles. The van der Waals surface area contributed by atoms with E-state index in [2.05, 4.69) is 13.8 Å². The summed E-state index contributed by atoms with van der Waals surface area (Å²) < 4.78 is 34.7. The molecule has 0 aromatic heterocycles. The maximum Gasteiger partial charge on any atom is 0.226 e. The maximum atomic E-state index is 14.7. The van der Waals surface area contributed by atoms with Gasteiger partial charge in [-0.15, -0.1) is 0 Å². The van der Waals surface area contributed by atoms with Crippen molar-refractivity contribution in [3.63, 3.8) is 0 Å². The lowest BCUT2D eigenvalue weighted by molar-refractivity contribution is -0.149. The van der Waals surface area contributed by atoms with E-state index in [1.807, 2.05) is 109 Å². The zero-order valence-electron chi connectivity index (χ0n) is 46.6. The van der Waals surface area contributed by atoms with Crippen LogP contribution in [0.1, 0.15) is 133 Å². The largest absolute Gasteiger partial charge is 0.388 e. The van der Waals surface area contributed by atoms with Gasteiger partial charge in [0.05, 0.1) is 95.7 Å². The maximum absolute atomic E-state index is 14.7. The molecule has 0 spiro atoms. The van der Waals surface area contributed by atoms with Crippen molar-refractivity contribution in [1.29, 1.82) is 0 Å². The van der Waals surface area contributed by atoms with Crippen LogP contribution in [0, 0.1) is 40.9 Å². The predicted molar refractivity (Wildman–Crippen MR) is 278 cm³/mol. The van der Waals surface area contributed by atoms with E-state index in [-0.39, 0.29) is 83.6 Å². The first-order valence-corrected chi connectivity index (χ1v) is 26.5. The van der Waals surface area contributed by atoms with Gasteiger partial charge in [-0.05, 0) is 49.1 Å². The monoisotopic (exact) mass is 1000 g/mol. The first-order valence-electron chi connectivity index (χ1n) is 26.5. The Bertz CT molecular complexity index is 1710. The fourth-order valence-corrected chi connectivity index (χ4v) is 9.92. The molecule has 15 nitrogen and oxygen atoms in total. The number of carbonyl (C=O) groups is 5. The number of hydrogen-bond acceptors (Lipinski definition) is 13. The van der Waals surface area contributed by atoms with E-state index in [1.165, 1.54) is 0 Å². The number of benzene rings is 1. The summed E-state index contributed by atoms with van der Waals surface area (Å²) in [7, 11) is 6.86. The van der Waals surface area contributed by atoms with Gasteiger partial charge >= 0.3 is 0 Å². The Morgan fingerprint density at radius 1 is 0.732 bits per heavy atom. The van der Waals surface area contributed by atoms with Gasteiger partial charge in [0.25, 0.3) is 0 Å². The number of ether oxygens (including phenoxy) is 6. The molecular formula is C56H97N3O12. The molecule has 1 aliphatic rings. The number of hydrogen-bond donors (Lipinski definition) is 1. The summed E-state index contributed by atoms with van der Waals surface area (Å²) in [6.45, 7) is 25.9. The topological polar surface area (TPSA) is 171 Å². The van der Waals surface area contributed by atoms with E-state index in [1.54, 1.807) is 26.2 Å². The number of ketones is 3. The lowest BCUT2D eigenvalue weighted by Gasteiger charge is -2.41.